The molecule has 2 heteroatoms. The Morgan fingerprint density at radius 2 is 1.02 bits per heavy atom. The van der Waals surface area contributed by atoms with Crippen molar-refractivity contribution in [2.45, 2.75) is 6.92 Å². The Labute approximate surface area is 251 Å². The van der Waals surface area contributed by atoms with Crippen molar-refractivity contribution in [3.63, 3.8) is 0 Å². The summed E-state index contributed by atoms with van der Waals surface area (Å²) in [6.45, 7) is 2.15. The third-order valence-corrected chi connectivity index (χ3v) is 8.10. The Kier molecular flexibility index (Phi) is 6.83. The van der Waals surface area contributed by atoms with E-state index in [1.54, 1.807) is 0 Å². The van der Waals surface area contributed by atoms with Crippen molar-refractivity contribution in [2.24, 2.45) is 0 Å². The lowest BCUT2D eigenvalue weighted by molar-refractivity contribution is 1.32. The Hall–Kier alpha value is -5.78. The number of terminal acetylenes is 1. The second-order valence-corrected chi connectivity index (χ2v) is 10.7. The van der Waals surface area contributed by atoms with Crippen molar-refractivity contribution in [3.05, 3.63) is 157 Å². The van der Waals surface area contributed by atoms with Gasteiger partial charge in [0.15, 0.2) is 0 Å². The van der Waals surface area contributed by atoms with Crippen molar-refractivity contribution in [1.82, 2.24) is 9.97 Å². The topological polar surface area (TPSA) is 25.8 Å². The molecule has 202 valence electrons. The highest BCUT2D eigenvalue weighted by molar-refractivity contribution is 6.25. The van der Waals surface area contributed by atoms with E-state index in [4.69, 9.17) is 6.42 Å². The van der Waals surface area contributed by atoms with Crippen LogP contribution in [0.1, 0.15) is 18.1 Å². The summed E-state index contributed by atoms with van der Waals surface area (Å²) in [5.74, 6) is 2.79. The highest BCUT2D eigenvalue weighted by atomic mass is 14.6. The van der Waals surface area contributed by atoms with Gasteiger partial charge in [0, 0.05) is 24.8 Å². The molecule has 2 heterocycles. The van der Waals surface area contributed by atoms with Gasteiger partial charge >= 0.3 is 0 Å². The molecule has 5 aromatic carbocycles. The normalized spacial score (nSPS) is 12.1. The van der Waals surface area contributed by atoms with Crippen LogP contribution in [0, 0.1) is 12.3 Å². The second kappa shape index (κ2) is 11.2. The summed E-state index contributed by atoms with van der Waals surface area (Å²) in [6.07, 6.45) is 17.3. The Bertz CT molecular complexity index is 2140. The van der Waals surface area contributed by atoms with Crippen LogP contribution in [0.15, 0.2) is 146 Å². The number of rotatable bonds is 5. The summed E-state index contributed by atoms with van der Waals surface area (Å²) < 4.78 is 0. The number of pyridine rings is 2. The van der Waals surface area contributed by atoms with Gasteiger partial charge in [-0.3, -0.25) is 9.97 Å². The van der Waals surface area contributed by atoms with Crippen LogP contribution in [0.5, 0.6) is 0 Å². The van der Waals surface area contributed by atoms with Gasteiger partial charge in [0.1, 0.15) is 0 Å². The number of hydrogen-bond donors (Lipinski definition) is 0. The van der Waals surface area contributed by atoms with E-state index in [0.29, 0.717) is 0 Å². The summed E-state index contributed by atoms with van der Waals surface area (Å²) in [5.41, 5.74) is 8.83. The van der Waals surface area contributed by atoms with Crippen LogP contribution >= 0.6 is 0 Å². The highest BCUT2D eigenvalue weighted by Crippen LogP contribution is 2.37. The quantitative estimate of drug-likeness (QED) is 0.121. The molecular weight excluding hydrogens is 520 g/mol. The number of hydrogen-bond acceptors (Lipinski definition) is 2. The van der Waals surface area contributed by atoms with E-state index in [-0.39, 0.29) is 0 Å². The van der Waals surface area contributed by atoms with Crippen LogP contribution in [-0.2, 0) is 0 Å². The molecule has 2 nitrogen and oxygen atoms in total. The predicted octanol–water partition coefficient (Wildman–Crippen LogP) is 10.4. The molecule has 0 fully saturated rings. The van der Waals surface area contributed by atoms with E-state index in [9.17, 15) is 0 Å². The highest BCUT2D eigenvalue weighted by Gasteiger charge is 2.11. The molecule has 7 aromatic rings. The van der Waals surface area contributed by atoms with Gasteiger partial charge in [-0.05, 0) is 138 Å². The van der Waals surface area contributed by atoms with Crippen LogP contribution in [0.4, 0.5) is 0 Å². The fourth-order valence-electron chi connectivity index (χ4n) is 5.98. The average molecular weight is 549 g/mol. The molecule has 0 atom stereocenters. The average Bonchev–Trinajstić information content (AvgIpc) is 3.08. The first-order valence-electron chi connectivity index (χ1n) is 14.3. The molecule has 0 saturated carbocycles. The van der Waals surface area contributed by atoms with Crippen molar-refractivity contribution < 1.29 is 0 Å². The molecule has 0 radical (unpaired) electrons. The molecule has 2 aromatic heterocycles. The van der Waals surface area contributed by atoms with Gasteiger partial charge in [-0.2, -0.15) is 0 Å². The molecule has 0 unspecified atom stereocenters. The first kappa shape index (κ1) is 26.1. The van der Waals surface area contributed by atoms with E-state index in [2.05, 4.69) is 114 Å². The third kappa shape index (κ3) is 4.99. The van der Waals surface area contributed by atoms with E-state index in [0.717, 1.165) is 44.5 Å². The van der Waals surface area contributed by atoms with Gasteiger partial charge in [0.05, 0.1) is 0 Å². The van der Waals surface area contributed by atoms with Crippen LogP contribution in [-0.4, -0.2) is 9.97 Å². The molecule has 0 spiro atoms. The molecular formula is C41H28N2. The SMILES string of the molecule is C#C/C=C(\C=C(/C)c1cc(-c2ccncc2)cc(-c2ccncc2)c1)c1ccc2c3ccccc3c3ccccc3c2c1. The van der Waals surface area contributed by atoms with Gasteiger partial charge in [-0.1, -0.05) is 72.7 Å². The summed E-state index contributed by atoms with van der Waals surface area (Å²) in [5, 5.41) is 7.49. The van der Waals surface area contributed by atoms with Crippen molar-refractivity contribution in [1.29, 1.82) is 0 Å². The lowest BCUT2D eigenvalue weighted by Crippen LogP contribution is -1.90. The third-order valence-electron chi connectivity index (χ3n) is 8.10. The minimum Gasteiger partial charge on any atom is -0.265 e. The smallest absolute Gasteiger partial charge is 0.0273 e. The lowest BCUT2D eigenvalue weighted by atomic mass is 9.90. The summed E-state index contributed by atoms with van der Waals surface area (Å²) in [7, 11) is 0. The predicted molar refractivity (Wildman–Crippen MR) is 182 cm³/mol. The van der Waals surface area contributed by atoms with E-state index in [1.165, 1.54) is 32.3 Å². The molecule has 43 heavy (non-hydrogen) atoms. The molecule has 0 amide bonds. The minimum atomic E-state index is 0.999. The minimum absolute atomic E-state index is 0.999. The summed E-state index contributed by atoms with van der Waals surface area (Å²) in [4.78, 5) is 8.43. The molecule has 7 rings (SSSR count). The zero-order valence-electron chi connectivity index (χ0n) is 23.8. The standard InChI is InChI=1S/C41H28N2/c1-3-8-31(32-13-14-40-38-11-5-4-9-36(38)37-10-6-7-12-39(37)41(40)27-32)23-28(2)33-24-34(29-15-19-42-20-16-29)26-35(25-33)30-17-21-43-22-18-30/h1,4-27H,2H3/b28-23+,31-8+. The lowest BCUT2D eigenvalue weighted by Gasteiger charge is -2.14. The molecule has 0 N–H and O–H groups in total. The molecule has 0 saturated heterocycles. The number of benzene rings is 5. The van der Waals surface area contributed by atoms with Gasteiger partial charge < -0.3 is 0 Å². The number of allylic oxidation sites excluding steroid dienone is 4. The maximum atomic E-state index is 5.89. The second-order valence-electron chi connectivity index (χ2n) is 10.7. The Morgan fingerprint density at radius 3 is 1.53 bits per heavy atom. The van der Waals surface area contributed by atoms with Gasteiger partial charge in [-0.15, -0.1) is 6.42 Å². The molecule has 0 aliphatic heterocycles. The maximum Gasteiger partial charge on any atom is 0.0273 e. The fourth-order valence-corrected chi connectivity index (χ4v) is 5.98. The zero-order chi connectivity index (χ0) is 29.2. The summed E-state index contributed by atoms with van der Waals surface area (Å²) in [6, 6.07) is 38.9. The summed E-state index contributed by atoms with van der Waals surface area (Å²) >= 11 is 0. The fraction of sp³-hybridized carbons (Fsp3) is 0.0244. The first-order chi connectivity index (χ1) is 21.2. The van der Waals surface area contributed by atoms with Crippen LogP contribution in [0.2, 0.25) is 0 Å². The van der Waals surface area contributed by atoms with Crippen LogP contribution < -0.4 is 0 Å². The number of aromatic nitrogens is 2. The monoisotopic (exact) mass is 548 g/mol. The Balaban J connectivity index is 1.38. The maximum absolute atomic E-state index is 5.89. The molecule has 0 bridgehead atoms. The first-order valence-corrected chi connectivity index (χ1v) is 14.3. The molecule has 0 aliphatic rings. The van der Waals surface area contributed by atoms with E-state index >= 15 is 0 Å². The Morgan fingerprint density at radius 1 is 0.535 bits per heavy atom. The van der Waals surface area contributed by atoms with E-state index in [1.807, 2.05) is 55.1 Å². The van der Waals surface area contributed by atoms with Crippen molar-refractivity contribution in [3.8, 4) is 34.6 Å². The van der Waals surface area contributed by atoms with Crippen LogP contribution in [0.25, 0.3) is 65.7 Å². The van der Waals surface area contributed by atoms with Gasteiger partial charge in [0.25, 0.3) is 0 Å². The van der Waals surface area contributed by atoms with E-state index < -0.39 is 0 Å². The van der Waals surface area contributed by atoms with Crippen LogP contribution in [0.3, 0.4) is 0 Å². The zero-order valence-corrected chi connectivity index (χ0v) is 23.8. The van der Waals surface area contributed by atoms with Crippen molar-refractivity contribution >= 4 is 43.5 Å². The van der Waals surface area contributed by atoms with Gasteiger partial charge in [0.2, 0.25) is 0 Å². The number of nitrogens with zero attached hydrogens (tertiary/aromatic N) is 2. The van der Waals surface area contributed by atoms with Crippen molar-refractivity contribution in [2.75, 3.05) is 0 Å². The molecule has 0 aliphatic carbocycles. The van der Waals surface area contributed by atoms with Gasteiger partial charge in [-0.25, -0.2) is 0 Å². The number of fused-ring (bicyclic) bond motifs is 6. The largest absolute Gasteiger partial charge is 0.265 e.